The largest absolute Gasteiger partial charge is 3.00 e. The van der Waals surface area contributed by atoms with E-state index in [1.807, 2.05) is 0 Å². The minimum atomic E-state index is 0. The summed E-state index contributed by atoms with van der Waals surface area (Å²) in [5, 5.41) is 0. The minimum absolute atomic E-state index is 0. The molecule has 8 heavy (non-hydrogen) atoms. The van der Waals surface area contributed by atoms with Crippen molar-refractivity contribution in [3.63, 3.8) is 0 Å². The van der Waals surface area contributed by atoms with Gasteiger partial charge in [-0.2, -0.15) is 6.42 Å². The second kappa shape index (κ2) is 39.6. The third kappa shape index (κ3) is 52.2. The van der Waals surface area contributed by atoms with Crippen LogP contribution >= 0.6 is 0 Å². The summed E-state index contributed by atoms with van der Waals surface area (Å²) in [6, 6.07) is 0. The molecule has 0 heterocycles. The van der Waals surface area contributed by atoms with Crippen LogP contribution < -0.4 is 24.8 Å². The van der Waals surface area contributed by atoms with Crippen molar-refractivity contribution in [2.75, 3.05) is 0 Å². The molecule has 0 saturated carbocycles. The summed E-state index contributed by atoms with van der Waals surface area (Å²) < 4.78 is 0. The van der Waals surface area contributed by atoms with E-state index < -0.39 is 0 Å². The van der Waals surface area contributed by atoms with E-state index in [1.54, 1.807) is 6.08 Å². The van der Waals surface area contributed by atoms with E-state index in [-0.39, 0.29) is 62.0 Å². The van der Waals surface area contributed by atoms with Crippen LogP contribution in [0.5, 0.6) is 0 Å². The summed E-state index contributed by atoms with van der Waals surface area (Å²) >= 11 is 0. The van der Waals surface area contributed by atoms with E-state index >= 15 is 0 Å². The molecule has 0 aromatic rings. The fourth-order valence-electron chi connectivity index (χ4n) is 0. The Kier molecular flexibility index (Phi) is 169. The Labute approximate surface area is 87.5 Å². The first-order valence-corrected chi connectivity index (χ1v) is 1.32. The zero-order valence-corrected chi connectivity index (χ0v) is 7.92. The Morgan fingerprint density at radius 3 is 1.50 bits per heavy atom. The van der Waals surface area contributed by atoms with Crippen LogP contribution in [0.2, 0.25) is 0 Å². The SMILES string of the molecule is C=CC[CH2-].[Cl-].[Cl-].[SiH4].[Zr+3]. The van der Waals surface area contributed by atoms with Crippen molar-refractivity contribution in [3.05, 3.63) is 19.6 Å². The first-order valence-electron chi connectivity index (χ1n) is 1.32. The van der Waals surface area contributed by atoms with Crippen molar-refractivity contribution < 1.29 is 51.0 Å². The summed E-state index contributed by atoms with van der Waals surface area (Å²) in [5.74, 6) is 0. The zero-order valence-electron chi connectivity index (χ0n) is 3.95. The van der Waals surface area contributed by atoms with Gasteiger partial charge in [-0.25, -0.2) is 0 Å². The van der Waals surface area contributed by atoms with Crippen molar-refractivity contribution in [1.82, 2.24) is 0 Å². The first kappa shape index (κ1) is 34.2. The van der Waals surface area contributed by atoms with Crippen LogP contribution in [0, 0.1) is 6.92 Å². The fourth-order valence-corrected chi connectivity index (χ4v) is 0. The van der Waals surface area contributed by atoms with Crippen molar-refractivity contribution in [2.24, 2.45) is 0 Å². The number of allylic oxidation sites excluding steroid dienone is 1. The molecule has 0 N–H and O–H groups in total. The Bertz CT molecular complexity index is 28.0. The maximum atomic E-state index is 3.49. The van der Waals surface area contributed by atoms with E-state index in [0.717, 1.165) is 6.42 Å². The van der Waals surface area contributed by atoms with E-state index in [2.05, 4.69) is 13.5 Å². The standard InChI is InChI=1S/C4H7.2ClH.H4Si.Zr/c1-3-4-2;;;;/h3H,1-2,4H2;2*1H;1H4;/q-1;;;;+3/p-2. The second-order valence-corrected chi connectivity index (χ2v) is 0.577. The van der Waals surface area contributed by atoms with Gasteiger partial charge in [-0.05, 0) is 11.0 Å². The van der Waals surface area contributed by atoms with Gasteiger partial charge in [-0.3, -0.25) is 0 Å². The molecule has 0 rings (SSSR count). The maximum Gasteiger partial charge on any atom is 3.00 e. The van der Waals surface area contributed by atoms with Gasteiger partial charge in [0.2, 0.25) is 0 Å². The predicted octanol–water partition coefficient (Wildman–Crippen LogP) is -6.05. The van der Waals surface area contributed by atoms with Crippen LogP contribution in [0.3, 0.4) is 0 Å². The molecule has 0 unspecified atom stereocenters. The Hall–Kier alpha value is 1.42. The molecular weight excluding hydrogens is 238 g/mol. The average molecular weight is 249 g/mol. The van der Waals surface area contributed by atoms with Gasteiger partial charge in [0.05, 0.1) is 0 Å². The number of rotatable bonds is 1. The van der Waals surface area contributed by atoms with Crippen LogP contribution in [-0.2, 0) is 26.2 Å². The molecule has 0 aliphatic carbocycles. The van der Waals surface area contributed by atoms with E-state index in [0.29, 0.717) is 0 Å². The summed E-state index contributed by atoms with van der Waals surface area (Å²) in [5.41, 5.74) is 0. The van der Waals surface area contributed by atoms with Crippen molar-refractivity contribution in [3.8, 4) is 0 Å². The summed E-state index contributed by atoms with van der Waals surface area (Å²) in [6.07, 6.45) is 2.60. The Morgan fingerprint density at radius 2 is 1.50 bits per heavy atom. The zero-order chi connectivity index (χ0) is 3.41. The van der Waals surface area contributed by atoms with Crippen molar-refractivity contribution in [2.45, 2.75) is 6.42 Å². The quantitative estimate of drug-likeness (QED) is 0.247. The summed E-state index contributed by atoms with van der Waals surface area (Å²) in [7, 11) is 0. The normalized spacial score (nSPS) is 3.12. The molecule has 0 aromatic carbocycles. The van der Waals surface area contributed by atoms with Crippen LogP contribution in [0.4, 0.5) is 0 Å². The van der Waals surface area contributed by atoms with Gasteiger partial charge in [0, 0.05) is 0 Å². The van der Waals surface area contributed by atoms with Gasteiger partial charge in [0.1, 0.15) is 0 Å². The van der Waals surface area contributed by atoms with Gasteiger partial charge >= 0.3 is 26.2 Å². The van der Waals surface area contributed by atoms with Crippen LogP contribution in [-0.4, -0.2) is 11.0 Å². The van der Waals surface area contributed by atoms with E-state index in [9.17, 15) is 0 Å². The predicted molar refractivity (Wildman–Crippen MR) is 31.5 cm³/mol. The smallest absolute Gasteiger partial charge is 1.00 e. The van der Waals surface area contributed by atoms with Crippen LogP contribution in [0.15, 0.2) is 12.7 Å². The fraction of sp³-hybridized carbons (Fsp3) is 0.250. The van der Waals surface area contributed by atoms with Gasteiger partial charge in [-0.15, -0.1) is 12.7 Å². The van der Waals surface area contributed by atoms with Crippen molar-refractivity contribution in [1.29, 1.82) is 0 Å². The van der Waals surface area contributed by atoms with E-state index in [4.69, 9.17) is 0 Å². The van der Waals surface area contributed by atoms with Gasteiger partial charge < -0.3 is 31.7 Å². The molecule has 0 fully saturated rings. The molecule has 0 aliphatic rings. The molecule has 0 spiro atoms. The minimum Gasteiger partial charge on any atom is -1.00 e. The average Bonchev–Trinajstić information content (AvgIpc) is 1.37. The molecule has 49 valence electrons. The third-order valence-electron chi connectivity index (χ3n) is 0.204. The molecule has 0 saturated heterocycles. The molecule has 0 bridgehead atoms. The monoisotopic (exact) mass is 247 g/mol. The van der Waals surface area contributed by atoms with E-state index in [1.165, 1.54) is 0 Å². The Morgan fingerprint density at radius 1 is 1.38 bits per heavy atom. The molecule has 0 atom stereocenters. The van der Waals surface area contributed by atoms with Crippen LogP contribution in [0.1, 0.15) is 6.42 Å². The number of halogens is 2. The molecule has 0 amide bonds. The summed E-state index contributed by atoms with van der Waals surface area (Å²) in [4.78, 5) is 0. The molecule has 0 nitrogen and oxygen atoms in total. The van der Waals surface area contributed by atoms with Gasteiger partial charge in [0.25, 0.3) is 0 Å². The van der Waals surface area contributed by atoms with Crippen LogP contribution in [0.25, 0.3) is 0 Å². The second-order valence-electron chi connectivity index (χ2n) is 0.577. The maximum absolute atomic E-state index is 3.49. The van der Waals surface area contributed by atoms with Crippen molar-refractivity contribution >= 4 is 11.0 Å². The Balaban J connectivity index is -0.00000000750. The first-order chi connectivity index (χ1) is 1.91. The molecule has 1 radical (unpaired) electrons. The summed E-state index contributed by atoms with van der Waals surface area (Å²) in [6.45, 7) is 6.90. The third-order valence-corrected chi connectivity index (χ3v) is 0.204. The molecule has 0 aliphatic heterocycles. The van der Waals surface area contributed by atoms with Gasteiger partial charge in [0.15, 0.2) is 0 Å². The topological polar surface area (TPSA) is 0 Å². The van der Waals surface area contributed by atoms with Gasteiger partial charge in [-0.1, -0.05) is 0 Å². The molecule has 4 heteroatoms. The number of hydrogen-bond acceptors (Lipinski definition) is 0. The molecule has 0 aromatic heterocycles. The molecular formula is C4H11Cl2SiZr. The number of hydrogen-bond donors (Lipinski definition) is 0.